The molecule has 0 spiro atoms. The molecule has 8 heteroatoms. The summed E-state index contributed by atoms with van der Waals surface area (Å²) in [5.41, 5.74) is -0.347. The van der Waals surface area contributed by atoms with Gasteiger partial charge in [-0.25, -0.2) is 4.39 Å². The molecular weight excluding hydrogens is 321 g/mol. The number of rotatable bonds is 3. The summed E-state index contributed by atoms with van der Waals surface area (Å²) in [4.78, 5) is 24.1. The first-order chi connectivity index (χ1) is 10.9. The van der Waals surface area contributed by atoms with Crippen molar-refractivity contribution in [2.24, 2.45) is 0 Å². The fourth-order valence-electron chi connectivity index (χ4n) is 1.92. The molecule has 118 valence electrons. The van der Waals surface area contributed by atoms with E-state index in [9.17, 15) is 14.0 Å². The molecule has 0 aliphatic heterocycles. The third kappa shape index (κ3) is 3.11. The van der Waals surface area contributed by atoms with Gasteiger partial charge in [-0.05, 0) is 18.2 Å². The molecule has 6 nitrogen and oxygen atoms in total. The van der Waals surface area contributed by atoms with Gasteiger partial charge in [-0.3, -0.25) is 14.9 Å². The van der Waals surface area contributed by atoms with Crippen LogP contribution in [0.3, 0.4) is 0 Å². The standard InChI is InChI=1S/C15H12FN3O3S/c1-7(2)14-18-19-15(23-14)17-13(21)12-6-10(20)9-5-8(16)3-4-11(9)22-12/h3-7H,1-2H3,(H,17,19,21). The van der Waals surface area contributed by atoms with E-state index < -0.39 is 17.2 Å². The Labute approximate surface area is 134 Å². The van der Waals surface area contributed by atoms with E-state index in [1.807, 2.05) is 13.8 Å². The molecule has 0 fully saturated rings. The summed E-state index contributed by atoms with van der Waals surface area (Å²) in [6.45, 7) is 3.93. The molecule has 3 rings (SSSR count). The van der Waals surface area contributed by atoms with E-state index in [1.54, 1.807) is 0 Å². The number of benzene rings is 1. The molecule has 0 aliphatic rings. The van der Waals surface area contributed by atoms with Gasteiger partial charge in [-0.15, -0.1) is 10.2 Å². The molecule has 1 aromatic carbocycles. The molecule has 3 aromatic rings. The Hall–Kier alpha value is -2.61. The summed E-state index contributed by atoms with van der Waals surface area (Å²) < 4.78 is 18.5. The van der Waals surface area contributed by atoms with Gasteiger partial charge in [0.15, 0.2) is 11.2 Å². The predicted octanol–water partition coefficient (Wildman–Crippen LogP) is 3.16. The Kier molecular flexibility index (Phi) is 3.91. The second-order valence-corrected chi connectivity index (χ2v) is 6.18. The Morgan fingerprint density at radius 1 is 1.30 bits per heavy atom. The van der Waals surface area contributed by atoms with Crippen molar-refractivity contribution in [2.45, 2.75) is 19.8 Å². The Morgan fingerprint density at radius 3 is 2.78 bits per heavy atom. The molecular formula is C15H12FN3O3S. The van der Waals surface area contributed by atoms with Crippen LogP contribution in [0.15, 0.2) is 33.5 Å². The quantitative estimate of drug-likeness (QED) is 0.796. The fourth-order valence-corrected chi connectivity index (χ4v) is 2.66. The van der Waals surface area contributed by atoms with Crippen LogP contribution in [0.1, 0.15) is 35.3 Å². The normalized spacial score (nSPS) is 11.1. The van der Waals surface area contributed by atoms with Gasteiger partial charge < -0.3 is 4.42 Å². The topological polar surface area (TPSA) is 85.1 Å². The van der Waals surface area contributed by atoms with E-state index in [0.717, 1.165) is 23.2 Å². The fraction of sp³-hybridized carbons (Fsp3) is 0.200. The summed E-state index contributed by atoms with van der Waals surface area (Å²) in [5, 5.41) is 11.6. The van der Waals surface area contributed by atoms with Gasteiger partial charge in [0.25, 0.3) is 5.91 Å². The minimum Gasteiger partial charge on any atom is -0.451 e. The van der Waals surface area contributed by atoms with Gasteiger partial charge in [0.1, 0.15) is 16.4 Å². The van der Waals surface area contributed by atoms with Crippen LogP contribution in [0.5, 0.6) is 0 Å². The first-order valence-corrected chi connectivity index (χ1v) is 7.64. The molecule has 2 aromatic heterocycles. The van der Waals surface area contributed by atoms with Gasteiger partial charge >= 0.3 is 0 Å². The number of aromatic nitrogens is 2. The molecule has 0 radical (unpaired) electrons. The summed E-state index contributed by atoms with van der Waals surface area (Å²) in [6, 6.07) is 4.57. The summed E-state index contributed by atoms with van der Waals surface area (Å²) in [7, 11) is 0. The van der Waals surface area contributed by atoms with E-state index in [0.29, 0.717) is 5.13 Å². The number of halogens is 1. The molecule has 2 heterocycles. The lowest BCUT2D eigenvalue weighted by molar-refractivity contribution is 0.0997. The number of nitrogens with one attached hydrogen (secondary N) is 1. The SMILES string of the molecule is CC(C)c1nnc(NC(=O)c2cc(=O)c3cc(F)ccc3o2)s1. The monoisotopic (exact) mass is 333 g/mol. The largest absolute Gasteiger partial charge is 0.451 e. The molecule has 0 saturated heterocycles. The van der Waals surface area contributed by atoms with E-state index in [-0.39, 0.29) is 22.6 Å². The summed E-state index contributed by atoms with van der Waals surface area (Å²) >= 11 is 1.25. The summed E-state index contributed by atoms with van der Waals surface area (Å²) in [6.07, 6.45) is 0. The average Bonchev–Trinajstić information content (AvgIpc) is 2.96. The van der Waals surface area contributed by atoms with E-state index >= 15 is 0 Å². The lowest BCUT2D eigenvalue weighted by Crippen LogP contribution is -2.15. The van der Waals surface area contributed by atoms with Crippen LogP contribution in [0.25, 0.3) is 11.0 Å². The maximum absolute atomic E-state index is 13.2. The zero-order valence-electron chi connectivity index (χ0n) is 12.3. The zero-order valence-corrected chi connectivity index (χ0v) is 13.1. The number of hydrogen-bond acceptors (Lipinski definition) is 6. The van der Waals surface area contributed by atoms with E-state index in [4.69, 9.17) is 4.42 Å². The maximum Gasteiger partial charge on any atom is 0.293 e. The average molecular weight is 333 g/mol. The van der Waals surface area contributed by atoms with Crippen molar-refractivity contribution in [3.63, 3.8) is 0 Å². The minimum atomic E-state index is -0.611. The van der Waals surface area contributed by atoms with Gasteiger partial charge in [0.2, 0.25) is 5.13 Å². The van der Waals surface area contributed by atoms with Crippen LogP contribution >= 0.6 is 11.3 Å². The highest BCUT2D eigenvalue weighted by Crippen LogP contribution is 2.23. The highest BCUT2D eigenvalue weighted by Gasteiger charge is 2.16. The van der Waals surface area contributed by atoms with Crippen molar-refractivity contribution in [3.8, 4) is 0 Å². The predicted molar refractivity (Wildman–Crippen MR) is 84.4 cm³/mol. The first-order valence-electron chi connectivity index (χ1n) is 6.82. The van der Waals surface area contributed by atoms with Gasteiger partial charge in [0, 0.05) is 12.0 Å². The van der Waals surface area contributed by atoms with Crippen molar-refractivity contribution in [1.29, 1.82) is 0 Å². The van der Waals surface area contributed by atoms with Crippen molar-refractivity contribution in [2.75, 3.05) is 5.32 Å². The van der Waals surface area contributed by atoms with Crippen molar-refractivity contribution >= 4 is 33.3 Å². The highest BCUT2D eigenvalue weighted by molar-refractivity contribution is 7.15. The number of nitrogens with zero attached hydrogens (tertiary/aromatic N) is 2. The van der Waals surface area contributed by atoms with Crippen molar-refractivity contribution < 1.29 is 13.6 Å². The van der Waals surface area contributed by atoms with E-state index in [1.165, 1.54) is 17.4 Å². The number of anilines is 1. The Morgan fingerprint density at radius 2 is 2.09 bits per heavy atom. The van der Waals surface area contributed by atoms with Crippen molar-refractivity contribution in [3.05, 3.63) is 51.1 Å². The molecule has 1 amide bonds. The molecule has 0 aliphatic carbocycles. The first kappa shape index (κ1) is 15.3. The van der Waals surface area contributed by atoms with E-state index in [2.05, 4.69) is 15.5 Å². The number of carbonyl (C=O) groups excluding carboxylic acids is 1. The number of carbonyl (C=O) groups is 1. The molecule has 1 N–H and O–H groups in total. The second kappa shape index (κ2) is 5.88. The molecule has 0 saturated carbocycles. The Bertz CT molecular complexity index is 949. The van der Waals surface area contributed by atoms with Crippen LogP contribution in [-0.4, -0.2) is 16.1 Å². The minimum absolute atomic E-state index is 0.0829. The molecule has 0 bridgehead atoms. The van der Waals surface area contributed by atoms with Crippen molar-refractivity contribution in [1.82, 2.24) is 10.2 Å². The molecule has 23 heavy (non-hydrogen) atoms. The molecule has 0 atom stereocenters. The van der Waals surface area contributed by atoms with Gasteiger partial charge in [0.05, 0.1) is 5.39 Å². The summed E-state index contributed by atoms with van der Waals surface area (Å²) in [5.74, 6) is -1.13. The van der Waals surface area contributed by atoms with Crippen LogP contribution in [-0.2, 0) is 0 Å². The van der Waals surface area contributed by atoms with Crippen LogP contribution < -0.4 is 10.7 Å². The molecule has 0 unspecified atom stereocenters. The lowest BCUT2D eigenvalue weighted by Gasteiger charge is -2.02. The second-order valence-electron chi connectivity index (χ2n) is 5.17. The number of amides is 1. The van der Waals surface area contributed by atoms with Crippen LogP contribution in [0, 0.1) is 5.82 Å². The Balaban J connectivity index is 1.91. The van der Waals surface area contributed by atoms with Gasteiger partial charge in [-0.2, -0.15) is 0 Å². The maximum atomic E-state index is 13.2. The van der Waals surface area contributed by atoms with Gasteiger partial charge in [-0.1, -0.05) is 25.2 Å². The van der Waals surface area contributed by atoms with Crippen LogP contribution in [0.4, 0.5) is 9.52 Å². The van der Waals surface area contributed by atoms with Crippen LogP contribution in [0.2, 0.25) is 0 Å². The lowest BCUT2D eigenvalue weighted by atomic mass is 10.2. The third-order valence-corrected chi connectivity index (χ3v) is 4.21. The highest BCUT2D eigenvalue weighted by atomic mass is 32.1. The number of hydrogen-bond donors (Lipinski definition) is 1. The number of fused-ring (bicyclic) bond motifs is 1. The zero-order chi connectivity index (χ0) is 16.6. The third-order valence-electron chi connectivity index (χ3n) is 3.07. The smallest absolute Gasteiger partial charge is 0.293 e.